The van der Waals surface area contributed by atoms with Crippen LogP contribution in [-0.4, -0.2) is 9.97 Å². The van der Waals surface area contributed by atoms with Crippen molar-refractivity contribution in [2.24, 2.45) is 0 Å². The first-order valence-corrected chi connectivity index (χ1v) is 7.45. The van der Waals surface area contributed by atoms with E-state index >= 15 is 0 Å². The molecule has 4 heterocycles. The molecule has 0 amide bonds. The van der Waals surface area contributed by atoms with E-state index in [9.17, 15) is 0 Å². The van der Waals surface area contributed by atoms with Crippen LogP contribution in [0.3, 0.4) is 0 Å². The van der Waals surface area contributed by atoms with Crippen LogP contribution < -0.4 is 0 Å². The minimum atomic E-state index is 1.20. The van der Waals surface area contributed by atoms with Crippen LogP contribution in [0.4, 0.5) is 0 Å². The van der Waals surface area contributed by atoms with Crippen LogP contribution in [0.5, 0.6) is 0 Å². The molecule has 88 valence electrons. The zero-order valence-electron chi connectivity index (χ0n) is 9.44. The number of fused-ring (bicyclic) bond motifs is 1. The largest absolute Gasteiger partial charge is 0.359 e. The van der Waals surface area contributed by atoms with Crippen LogP contribution in [0.25, 0.3) is 31.9 Å². The van der Waals surface area contributed by atoms with Crippen molar-refractivity contribution in [2.75, 3.05) is 0 Å². The van der Waals surface area contributed by atoms with E-state index in [1.54, 1.807) is 22.7 Å². The first kappa shape index (κ1) is 10.2. The fourth-order valence-electron chi connectivity index (χ4n) is 2.25. The minimum Gasteiger partial charge on any atom is -0.359 e. The van der Waals surface area contributed by atoms with Crippen LogP contribution in [0, 0.1) is 0 Å². The van der Waals surface area contributed by atoms with Gasteiger partial charge in [0.2, 0.25) is 0 Å². The molecule has 0 saturated heterocycles. The fourth-order valence-corrected chi connectivity index (χ4v) is 3.75. The van der Waals surface area contributed by atoms with E-state index in [0.29, 0.717) is 0 Å². The van der Waals surface area contributed by atoms with E-state index in [0.717, 1.165) is 0 Å². The van der Waals surface area contributed by atoms with Crippen molar-refractivity contribution < 1.29 is 0 Å². The molecular weight excluding hydrogens is 260 g/mol. The van der Waals surface area contributed by atoms with Gasteiger partial charge in [-0.2, -0.15) is 0 Å². The summed E-state index contributed by atoms with van der Waals surface area (Å²) in [4.78, 5) is 9.38. The molecule has 0 fully saturated rings. The highest BCUT2D eigenvalue weighted by molar-refractivity contribution is 7.14. The van der Waals surface area contributed by atoms with Gasteiger partial charge in [0.1, 0.15) is 0 Å². The van der Waals surface area contributed by atoms with Gasteiger partial charge in [0, 0.05) is 33.3 Å². The number of aromatic nitrogens is 2. The first-order chi connectivity index (χ1) is 8.93. The van der Waals surface area contributed by atoms with Gasteiger partial charge in [-0.3, -0.25) is 0 Å². The number of hydrogen-bond donors (Lipinski definition) is 2. The lowest BCUT2D eigenvalue weighted by atomic mass is 10.2. The van der Waals surface area contributed by atoms with Gasteiger partial charge in [-0.1, -0.05) is 12.1 Å². The van der Waals surface area contributed by atoms with Gasteiger partial charge < -0.3 is 9.97 Å². The summed E-state index contributed by atoms with van der Waals surface area (Å²) in [5.74, 6) is 0. The Morgan fingerprint density at radius 1 is 0.722 bits per heavy atom. The number of thiophene rings is 2. The molecule has 0 aliphatic rings. The maximum absolute atomic E-state index is 3.40. The molecule has 18 heavy (non-hydrogen) atoms. The Bertz CT molecular complexity index is 705. The summed E-state index contributed by atoms with van der Waals surface area (Å²) in [6.45, 7) is 0. The molecule has 4 aromatic rings. The molecule has 0 aromatic carbocycles. The zero-order chi connectivity index (χ0) is 11.9. The predicted molar refractivity (Wildman–Crippen MR) is 79.3 cm³/mol. The van der Waals surface area contributed by atoms with Crippen LogP contribution in [0.1, 0.15) is 0 Å². The monoisotopic (exact) mass is 270 g/mol. The number of aromatic amines is 2. The average molecular weight is 270 g/mol. The summed E-state index contributed by atoms with van der Waals surface area (Å²) in [5.41, 5.74) is 4.90. The van der Waals surface area contributed by atoms with Gasteiger partial charge in [-0.25, -0.2) is 0 Å². The Labute approximate surface area is 112 Å². The lowest BCUT2D eigenvalue weighted by molar-refractivity contribution is 1.46. The van der Waals surface area contributed by atoms with E-state index in [1.165, 1.54) is 31.9 Å². The van der Waals surface area contributed by atoms with Gasteiger partial charge in [0.25, 0.3) is 0 Å². The fraction of sp³-hybridized carbons (Fsp3) is 0. The average Bonchev–Trinajstić information content (AvgIpc) is 3.14. The molecular formula is C14H10N2S2. The second-order valence-electron chi connectivity index (χ2n) is 4.11. The van der Waals surface area contributed by atoms with Crippen molar-refractivity contribution in [2.45, 2.75) is 0 Å². The predicted octanol–water partition coefficient (Wildman–Crippen LogP) is 4.95. The van der Waals surface area contributed by atoms with E-state index in [1.807, 2.05) is 0 Å². The smallest absolute Gasteiger partial charge is 0.0729 e. The molecule has 0 spiro atoms. The number of rotatable bonds is 2. The normalized spacial score (nSPS) is 11.3. The quantitative estimate of drug-likeness (QED) is 0.516. The topological polar surface area (TPSA) is 31.6 Å². The van der Waals surface area contributed by atoms with E-state index in [-0.39, 0.29) is 0 Å². The SMILES string of the molecule is c1csc(-c2c[nH]c3c(-c4cccs4)c[nH]c23)c1. The second kappa shape index (κ2) is 3.86. The molecule has 0 bridgehead atoms. The molecule has 0 saturated carbocycles. The van der Waals surface area contributed by atoms with Crippen LogP contribution >= 0.6 is 22.7 Å². The highest BCUT2D eigenvalue weighted by Gasteiger charge is 2.13. The van der Waals surface area contributed by atoms with Gasteiger partial charge >= 0.3 is 0 Å². The zero-order valence-corrected chi connectivity index (χ0v) is 11.1. The first-order valence-electron chi connectivity index (χ1n) is 5.70. The molecule has 2 nitrogen and oxygen atoms in total. The summed E-state index contributed by atoms with van der Waals surface area (Å²) >= 11 is 3.53. The number of hydrogen-bond acceptors (Lipinski definition) is 2. The van der Waals surface area contributed by atoms with Gasteiger partial charge in [0.05, 0.1) is 11.0 Å². The second-order valence-corrected chi connectivity index (χ2v) is 6.00. The minimum absolute atomic E-state index is 1.20. The van der Waals surface area contributed by atoms with Crippen molar-refractivity contribution in [3.8, 4) is 20.9 Å². The third-order valence-electron chi connectivity index (χ3n) is 3.08. The molecule has 4 aromatic heterocycles. The van der Waals surface area contributed by atoms with E-state index < -0.39 is 0 Å². The van der Waals surface area contributed by atoms with E-state index in [2.05, 4.69) is 57.4 Å². The summed E-state index contributed by atoms with van der Waals surface area (Å²) in [6.07, 6.45) is 4.17. The highest BCUT2D eigenvalue weighted by Crippen LogP contribution is 2.37. The third kappa shape index (κ3) is 1.39. The summed E-state index contributed by atoms with van der Waals surface area (Å²) in [7, 11) is 0. The summed E-state index contributed by atoms with van der Waals surface area (Å²) in [6, 6.07) is 8.47. The Morgan fingerprint density at radius 2 is 1.22 bits per heavy atom. The van der Waals surface area contributed by atoms with Crippen molar-refractivity contribution in [1.29, 1.82) is 0 Å². The molecule has 0 atom stereocenters. The summed E-state index contributed by atoms with van der Waals surface area (Å²) in [5, 5.41) is 4.22. The van der Waals surface area contributed by atoms with Crippen LogP contribution in [-0.2, 0) is 0 Å². The van der Waals surface area contributed by atoms with Crippen LogP contribution in [0.15, 0.2) is 47.4 Å². The number of H-pyrrole nitrogens is 2. The van der Waals surface area contributed by atoms with Crippen molar-refractivity contribution >= 4 is 33.7 Å². The standard InChI is InChI=1S/C14H10N2S2/c1-3-11(17-5-1)9-7-15-14-10(8-16-13(9)14)12-4-2-6-18-12/h1-8,15-16H. The van der Waals surface area contributed by atoms with Gasteiger partial charge in [-0.05, 0) is 22.9 Å². The van der Waals surface area contributed by atoms with Crippen molar-refractivity contribution in [3.63, 3.8) is 0 Å². The lowest BCUT2D eigenvalue weighted by Gasteiger charge is -1.90. The highest BCUT2D eigenvalue weighted by atomic mass is 32.1. The van der Waals surface area contributed by atoms with Gasteiger partial charge in [0.15, 0.2) is 0 Å². The molecule has 0 aliphatic heterocycles. The van der Waals surface area contributed by atoms with Crippen molar-refractivity contribution in [1.82, 2.24) is 9.97 Å². The Hall–Kier alpha value is -1.78. The van der Waals surface area contributed by atoms with Gasteiger partial charge in [-0.15, -0.1) is 22.7 Å². The Balaban J connectivity index is 1.95. The maximum Gasteiger partial charge on any atom is 0.0729 e. The molecule has 2 N–H and O–H groups in total. The number of nitrogens with one attached hydrogen (secondary N) is 2. The van der Waals surface area contributed by atoms with Crippen LogP contribution in [0.2, 0.25) is 0 Å². The summed E-state index contributed by atoms with van der Waals surface area (Å²) < 4.78 is 0. The lowest BCUT2D eigenvalue weighted by Crippen LogP contribution is -1.67. The molecule has 0 radical (unpaired) electrons. The van der Waals surface area contributed by atoms with Crippen molar-refractivity contribution in [3.05, 3.63) is 47.4 Å². The molecule has 0 unspecified atom stereocenters. The Kier molecular flexibility index (Phi) is 2.18. The van der Waals surface area contributed by atoms with E-state index in [4.69, 9.17) is 0 Å². The Morgan fingerprint density at radius 3 is 1.61 bits per heavy atom. The molecule has 0 aliphatic carbocycles. The maximum atomic E-state index is 3.40. The third-order valence-corrected chi connectivity index (χ3v) is 4.89. The molecule has 4 rings (SSSR count). The molecule has 4 heteroatoms.